The molecule has 0 saturated heterocycles. The van der Waals surface area contributed by atoms with Gasteiger partial charge in [-0.2, -0.15) is 15.0 Å². The average Bonchev–Trinajstić information content (AvgIpc) is 2.62. The van der Waals surface area contributed by atoms with Crippen LogP contribution < -0.4 is 15.8 Å². The topological polar surface area (TPSA) is 86.0 Å². The van der Waals surface area contributed by atoms with Gasteiger partial charge in [0.15, 0.2) is 5.82 Å². The summed E-state index contributed by atoms with van der Waals surface area (Å²) in [5, 5.41) is 3.18. The van der Waals surface area contributed by atoms with Gasteiger partial charge in [0.2, 0.25) is 11.9 Å². The van der Waals surface area contributed by atoms with Gasteiger partial charge in [-0.15, -0.1) is 0 Å². The Kier molecular flexibility index (Phi) is 5.99. The van der Waals surface area contributed by atoms with Crippen LogP contribution in [0.15, 0.2) is 54.6 Å². The Labute approximate surface area is 160 Å². The Bertz CT molecular complexity index is 811. The summed E-state index contributed by atoms with van der Waals surface area (Å²) < 4.78 is 6.84. The summed E-state index contributed by atoms with van der Waals surface area (Å²) >= 11 is 2.25. The molecule has 6 nitrogen and oxygen atoms in total. The van der Waals surface area contributed by atoms with E-state index in [1.807, 2.05) is 42.5 Å². The van der Waals surface area contributed by atoms with E-state index in [4.69, 9.17) is 10.5 Å². The summed E-state index contributed by atoms with van der Waals surface area (Å²) in [5.74, 6) is 1.90. The predicted octanol–water partition coefficient (Wildman–Crippen LogP) is 3.29. The highest BCUT2D eigenvalue weighted by atomic mass is 127. The molecule has 0 fully saturated rings. The van der Waals surface area contributed by atoms with Crippen molar-refractivity contribution in [2.24, 2.45) is 0 Å². The average molecular weight is 447 g/mol. The highest BCUT2D eigenvalue weighted by Gasteiger charge is 2.05. The molecule has 0 radical (unpaired) electrons. The van der Waals surface area contributed by atoms with E-state index in [0.29, 0.717) is 18.3 Å². The number of halogens is 1. The van der Waals surface area contributed by atoms with Gasteiger partial charge >= 0.3 is 0 Å². The number of anilines is 2. The quantitative estimate of drug-likeness (QED) is 0.541. The molecular formula is C18H18IN5O. The van der Waals surface area contributed by atoms with Crippen LogP contribution in [-0.4, -0.2) is 21.5 Å². The number of aromatic nitrogens is 3. The van der Waals surface area contributed by atoms with Crippen molar-refractivity contribution in [2.75, 3.05) is 17.6 Å². The van der Waals surface area contributed by atoms with E-state index in [-0.39, 0.29) is 12.6 Å². The summed E-state index contributed by atoms with van der Waals surface area (Å²) in [4.78, 5) is 12.6. The molecule has 0 atom stereocenters. The third-order valence-corrected chi connectivity index (χ3v) is 4.14. The molecule has 0 saturated carbocycles. The number of ether oxygens (including phenoxy) is 1. The smallest absolute Gasteiger partial charge is 0.227 e. The summed E-state index contributed by atoms with van der Waals surface area (Å²) in [6, 6.07) is 18.0. The minimum Gasteiger partial charge on any atom is -0.486 e. The molecule has 3 rings (SSSR count). The molecule has 0 aliphatic carbocycles. The molecule has 0 unspecified atom stereocenters. The maximum Gasteiger partial charge on any atom is 0.227 e. The molecule has 0 amide bonds. The maximum atomic E-state index is 5.77. The largest absolute Gasteiger partial charge is 0.486 e. The van der Waals surface area contributed by atoms with Gasteiger partial charge in [0.1, 0.15) is 12.4 Å². The Balaban J connectivity index is 1.57. The van der Waals surface area contributed by atoms with Crippen LogP contribution in [0.3, 0.4) is 0 Å². The summed E-state index contributed by atoms with van der Waals surface area (Å²) in [6.45, 7) is 0.950. The second-order valence-corrected chi connectivity index (χ2v) is 6.58. The normalized spacial score (nSPS) is 10.4. The Hall–Kier alpha value is -2.42. The van der Waals surface area contributed by atoms with Crippen molar-refractivity contribution < 1.29 is 4.74 Å². The van der Waals surface area contributed by atoms with Gasteiger partial charge in [-0.3, -0.25) is 0 Å². The monoisotopic (exact) mass is 447 g/mol. The van der Waals surface area contributed by atoms with E-state index in [2.05, 4.69) is 55.0 Å². The zero-order chi connectivity index (χ0) is 17.5. The zero-order valence-electron chi connectivity index (χ0n) is 13.5. The van der Waals surface area contributed by atoms with Crippen LogP contribution in [-0.2, 0) is 13.0 Å². The number of nitrogen functional groups attached to an aromatic ring is 1. The predicted molar refractivity (Wildman–Crippen MR) is 106 cm³/mol. The second kappa shape index (κ2) is 8.61. The van der Waals surface area contributed by atoms with E-state index < -0.39 is 0 Å². The lowest BCUT2D eigenvalue weighted by atomic mass is 10.1. The van der Waals surface area contributed by atoms with E-state index in [0.717, 1.165) is 15.7 Å². The molecule has 0 spiro atoms. The molecule has 128 valence electrons. The second-order valence-electron chi connectivity index (χ2n) is 5.34. The number of hydrogen-bond acceptors (Lipinski definition) is 6. The van der Waals surface area contributed by atoms with Crippen molar-refractivity contribution in [3.8, 4) is 5.75 Å². The van der Waals surface area contributed by atoms with Crippen molar-refractivity contribution in [2.45, 2.75) is 13.0 Å². The van der Waals surface area contributed by atoms with Crippen LogP contribution in [0.25, 0.3) is 0 Å². The lowest BCUT2D eigenvalue weighted by Gasteiger charge is -2.09. The van der Waals surface area contributed by atoms with Gasteiger partial charge in [0, 0.05) is 10.1 Å². The Morgan fingerprint density at radius 1 is 0.960 bits per heavy atom. The Morgan fingerprint density at radius 2 is 1.72 bits per heavy atom. The molecule has 0 bridgehead atoms. The van der Waals surface area contributed by atoms with Crippen LogP contribution in [0.4, 0.5) is 11.9 Å². The van der Waals surface area contributed by atoms with Crippen molar-refractivity contribution in [1.29, 1.82) is 0 Å². The lowest BCUT2D eigenvalue weighted by Crippen LogP contribution is -2.13. The van der Waals surface area contributed by atoms with E-state index in [1.54, 1.807) is 0 Å². The van der Waals surface area contributed by atoms with Gasteiger partial charge < -0.3 is 15.8 Å². The van der Waals surface area contributed by atoms with Gasteiger partial charge in [-0.25, -0.2) is 0 Å². The highest BCUT2D eigenvalue weighted by Crippen LogP contribution is 2.15. The first-order chi connectivity index (χ1) is 12.2. The first kappa shape index (κ1) is 17.4. The van der Waals surface area contributed by atoms with Gasteiger partial charge in [0.25, 0.3) is 0 Å². The van der Waals surface area contributed by atoms with Crippen LogP contribution in [0.5, 0.6) is 5.75 Å². The number of nitrogens with zero attached hydrogens (tertiary/aromatic N) is 3. The SMILES string of the molecule is Nc1nc(COc2ccc(I)cc2)nc(NCCc2ccccc2)n1. The standard InChI is InChI=1S/C18H18IN5O/c19-14-6-8-15(9-7-14)25-12-16-22-17(20)24-18(23-16)21-11-10-13-4-2-1-3-5-13/h1-9H,10-12H2,(H3,20,21,22,23,24). The Morgan fingerprint density at radius 3 is 2.48 bits per heavy atom. The molecule has 1 aromatic heterocycles. The number of nitrogens with one attached hydrogen (secondary N) is 1. The van der Waals surface area contributed by atoms with Crippen LogP contribution >= 0.6 is 22.6 Å². The third kappa shape index (κ3) is 5.56. The minimum absolute atomic E-state index is 0.179. The first-order valence-corrected chi connectivity index (χ1v) is 8.93. The third-order valence-electron chi connectivity index (χ3n) is 3.42. The lowest BCUT2D eigenvalue weighted by molar-refractivity contribution is 0.296. The summed E-state index contributed by atoms with van der Waals surface area (Å²) in [5.41, 5.74) is 7.02. The van der Waals surface area contributed by atoms with Gasteiger partial charge in [-0.05, 0) is 58.8 Å². The van der Waals surface area contributed by atoms with Crippen LogP contribution in [0, 0.1) is 3.57 Å². The number of rotatable bonds is 7. The fourth-order valence-electron chi connectivity index (χ4n) is 2.22. The molecule has 7 heteroatoms. The van der Waals surface area contributed by atoms with Crippen molar-refractivity contribution in [1.82, 2.24) is 15.0 Å². The number of hydrogen-bond donors (Lipinski definition) is 2. The highest BCUT2D eigenvalue weighted by molar-refractivity contribution is 14.1. The molecule has 0 aliphatic heterocycles. The summed E-state index contributed by atoms with van der Waals surface area (Å²) in [7, 11) is 0. The fourth-order valence-corrected chi connectivity index (χ4v) is 2.58. The van der Waals surface area contributed by atoms with E-state index in [1.165, 1.54) is 5.56 Å². The number of benzene rings is 2. The van der Waals surface area contributed by atoms with Crippen molar-refractivity contribution in [3.63, 3.8) is 0 Å². The molecule has 3 N–H and O–H groups in total. The molecule has 2 aromatic carbocycles. The maximum absolute atomic E-state index is 5.77. The van der Waals surface area contributed by atoms with Crippen LogP contribution in [0.1, 0.15) is 11.4 Å². The summed E-state index contributed by atoms with van der Waals surface area (Å²) in [6.07, 6.45) is 0.876. The fraction of sp³-hybridized carbons (Fsp3) is 0.167. The zero-order valence-corrected chi connectivity index (χ0v) is 15.7. The van der Waals surface area contributed by atoms with E-state index in [9.17, 15) is 0 Å². The van der Waals surface area contributed by atoms with Crippen molar-refractivity contribution >= 4 is 34.5 Å². The molecular weight excluding hydrogens is 429 g/mol. The molecule has 0 aliphatic rings. The van der Waals surface area contributed by atoms with Gasteiger partial charge in [0.05, 0.1) is 0 Å². The first-order valence-electron chi connectivity index (χ1n) is 7.85. The minimum atomic E-state index is 0.179. The number of nitrogens with two attached hydrogens (primary N) is 1. The van der Waals surface area contributed by atoms with Crippen LogP contribution in [0.2, 0.25) is 0 Å². The van der Waals surface area contributed by atoms with Crippen molar-refractivity contribution in [3.05, 3.63) is 69.6 Å². The van der Waals surface area contributed by atoms with E-state index >= 15 is 0 Å². The molecule has 3 aromatic rings. The molecule has 25 heavy (non-hydrogen) atoms. The molecule has 1 heterocycles. The van der Waals surface area contributed by atoms with Gasteiger partial charge in [-0.1, -0.05) is 30.3 Å².